The van der Waals surface area contributed by atoms with E-state index in [1.54, 1.807) is 18.2 Å². The van der Waals surface area contributed by atoms with Crippen LogP contribution in [0.3, 0.4) is 0 Å². The van der Waals surface area contributed by atoms with Crippen molar-refractivity contribution in [1.29, 1.82) is 0 Å². The molecule has 5 heteroatoms. The Morgan fingerprint density at radius 1 is 1.20 bits per heavy atom. The van der Waals surface area contributed by atoms with Crippen LogP contribution in [0.2, 0.25) is 0 Å². The summed E-state index contributed by atoms with van der Waals surface area (Å²) >= 11 is 0. The Kier molecular flexibility index (Phi) is 4.55. The van der Waals surface area contributed by atoms with Gasteiger partial charge in [0, 0.05) is 17.6 Å². The molecule has 0 aliphatic rings. The van der Waals surface area contributed by atoms with Crippen LogP contribution < -0.4 is 16.8 Å². The lowest BCUT2D eigenvalue weighted by Gasteiger charge is -2.36. The van der Waals surface area contributed by atoms with Crippen LogP contribution in [0.1, 0.15) is 43.6 Å². The third-order valence-electron chi connectivity index (χ3n) is 3.84. The fraction of sp³-hybridized carbons (Fsp3) is 0.467. The van der Waals surface area contributed by atoms with Gasteiger partial charge in [-0.2, -0.15) is 0 Å². The lowest BCUT2D eigenvalue weighted by Crippen LogP contribution is -2.55. The van der Waals surface area contributed by atoms with Gasteiger partial charge >= 0.3 is 0 Å². The van der Waals surface area contributed by atoms with E-state index < -0.39 is 16.9 Å². The van der Waals surface area contributed by atoms with Crippen LogP contribution in [0.25, 0.3) is 0 Å². The fourth-order valence-corrected chi connectivity index (χ4v) is 1.53. The molecule has 20 heavy (non-hydrogen) atoms. The summed E-state index contributed by atoms with van der Waals surface area (Å²) in [6, 6.07) is 6.87. The highest BCUT2D eigenvalue weighted by Crippen LogP contribution is 2.28. The molecule has 0 fully saturated rings. The van der Waals surface area contributed by atoms with Gasteiger partial charge in [-0.3, -0.25) is 9.59 Å². The number of benzene rings is 1. The summed E-state index contributed by atoms with van der Waals surface area (Å²) in [4.78, 5) is 23.3. The standard InChI is InChI=1S/C15H23N3O2/c1-14(2,15(3,4)17)13(20)18-9-10-6-5-7-11(8-10)12(16)19/h5-8H,9,17H2,1-4H3,(H2,16,19)(H,18,20). The van der Waals surface area contributed by atoms with E-state index in [4.69, 9.17) is 11.5 Å². The molecule has 0 atom stereocenters. The van der Waals surface area contributed by atoms with Crippen molar-refractivity contribution in [3.8, 4) is 0 Å². The van der Waals surface area contributed by atoms with Gasteiger partial charge in [0.1, 0.15) is 0 Å². The molecule has 1 aromatic carbocycles. The van der Waals surface area contributed by atoms with E-state index in [-0.39, 0.29) is 5.91 Å². The summed E-state index contributed by atoms with van der Waals surface area (Å²) in [5.74, 6) is -0.615. The molecule has 0 unspecified atom stereocenters. The second-order valence-electron chi connectivity index (χ2n) is 6.09. The Morgan fingerprint density at radius 2 is 1.80 bits per heavy atom. The van der Waals surface area contributed by atoms with Crippen molar-refractivity contribution in [2.24, 2.45) is 16.9 Å². The fourth-order valence-electron chi connectivity index (χ4n) is 1.53. The maximum atomic E-state index is 12.2. The molecule has 110 valence electrons. The van der Waals surface area contributed by atoms with Crippen LogP contribution in [0.15, 0.2) is 24.3 Å². The van der Waals surface area contributed by atoms with E-state index >= 15 is 0 Å². The number of primary amides is 1. The van der Waals surface area contributed by atoms with E-state index in [0.717, 1.165) is 5.56 Å². The Bertz CT molecular complexity index is 516. The van der Waals surface area contributed by atoms with Gasteiger partial charge in [-0.05, 0) is 45.4 Å². The van der Waals surface area contributed by atoms with Crippen LogP contribution in [-0.4, -0.2) is 17.4 Å². The van der Waals surface area contributed by atoms with E-state index in [0.29, 0.717) is 12.1 Å². The number of amides is 2. The van der Waals surface area contributed by atoms with E-state index in [9.17, 15) is 9.59 Å². The van der Waals surface area contributed by atoms with Gasteiger partial charge in [-0.25, -0.2) is 0 Å². The molecule has 1 aromatic rings. The summed E-state index contributed by atoms with van der Waals surface area (Å²) in [6.45, 7) is 7.59. The number of hydrogen-bond acceptors (Lipinski definition) is 3. The summed E-state index contributed by atoms with van der Waals surface area (Å²) in [6.07, 6.45) is 0. The molecule has 0 saturated carbocycles. The number of carbonyl (C=O) groups excluding carboxylic acids is 2. The van der Waals surface area contributed by atoms with Gasteiger partial charge in [0.2, 0.25) is 11.8 Å². The predicted octanol–water partition coefficient (Wildman–Crippen LogP) is 1.17. The minimum atomic E-state index is -0.700. The largest absolute Gasteiger partial charge is 0.366 e. The summed E-state index contributed by atoms with van der Waals surface area (Å²) < 4.78 is 0. The second kappa shape index (κ2) is 5.63. The average molecular weight is 277 g/mol. The van der Waals surface area contributed by atoms with Crippen molar-refractivity contribution in [2.45, 2.75) is 39.8 Å². The highest BCUT2D eigenvalue weighted by molar-refractivity contribution is 5.92. The lowest BCUT2D eigenvalue weighted by atomic mass is 9.74. The monoisotopic (exact) mass is 277 g/mol. The quantitative estimate of drug-likeness (QED) is 0.753. The number of carbonyl (C=O) groups is 2. The molecular formula is C15H23N3O2. The Morgan fingerprint density at radius 3 is 2.30 bits per heavy atom. The van der Waals surface area contributed by atoms with Crippen molar-refractivity contribution in [1.82, 2.24) is 5.32 Å². The Balaban J connectivity index is 2.75. The molecule has 1 rings (SSSR count). The minimum Gasteiger partial charge on any atom is -0.366 e. The first-order chi connectivity index (χ1) is 9.05. The smallest absolute Gasteiger partial charge is 0.248 e. The first-order valence-corrected chi connectivity index (χ1v) is 6.51. The Labute approximate surface area is 119 Å². The SMILES string of the molecule is CC(C)(N)C(C)(C)C(=O)NCc1cccc(C(N)=O)c1. The van der Waals surface area contributed by atoms with Gasteiger partial charge in [0.05, 0.1) is 5.41 Å². The molecule has 5 nitrogen and oxygen atoms in total. The minimum absolute atomic E-state index is 0.130. The van der Waals surface area contributed by atoms with Crippen molar-refractivity contribution in [2.75, 3.05) is 0 Å². The second-order valence-corrected chi connectivity index (χ2v) is 6.09. The van der Waals surface area contributed by atoms with Crippen molar-refractivity contribution < 1.29 is 9.59 Å². The third kappa shape index (κ3) is 3.57. The van der Waals surface area contributed by atoms with Crippen molar-refractivity contribution >= 4 is 11.8 Å². The predicted molar refractivity (Wildman–Crippen MR) is 78.9 cm³/mol. The van der Waals surface area contributed by atoms with E-state index in [2.05, 4.69) is 5.32 Å². The molecule has 0 radical (unpaired) electrons. The molecule has 0 bridgehead atoms. The highest BCUT2D eigenvalue weighted by Gasteiger charge is 2.40. The van der Waals surface area contributed by atoms with E-state index in [1.165, 1.54) is 0 Å². The van der Waals surface area contributed by atoms with Crippen molar-refractivity contribution in [3.63, 3.8) is 0 Å². The highest BCUT2D eigenvalue weighted by atomic mass is 16.2. The first kappa shape index (κ1) is 16.2. The van der Waals surface area contributed by atoms with E-state index in [1.807, 2.05) is 33.8 Å². The maximum Gasteiger partial charge on any atom is 0.248 e. The molecular weight excluding hydrogens is 254 g/mol. The average Bonchev–Trinajstić information content (AvgIpc) is 2.34. The molecule has 0 saturated heterocycles. The Hall–Kier alpha value is -1.88. The van der Waals surface area contributed by atoms with Crippen LogP contribution in [0, 0.1) is 5.41 Å². The van der Waals surface area contributed by atoms with Crippen LogP contribution in [0.5, 0.6) is 0 Å². The third-order valence-corrected chi connectivity index (χ3v) is 3.84. The van der Waals surface area contributed by atoms with Crippen LogP contribution in [0.4, 0.5) is 0 Å². The molecule has 0 aromatic heterocycles. The summed E-state index contributed by atoms with van der Waals surface area (Å²) in [7, 11) is 0. The zero-order chi connectivity index (χ0) is 15.6. The zero-order valence-corrected chi connectivity index (χ0v) is 12.5. The number of rotatable bonds is 5. The summed E-state index contributed by atoms with van der Waals surface area (Å²) in [5, 5.41) is 2.84. The van der Waals surface area contributed by atoms with Crippen molar-refractivity contribution in [3.05, 3.63) is 35.4 Å². The molecule has 0 heterocycles. The maximum absolute atomic E-state index is 12.2. The summed E-state index contributed by atoms with van der Waals surface area (Å²) in [5.41, 5.74) is 11.2. The van der Waals surface area contributed by atoms with Gasteiger partial charge in [0.25, 0.3) is 0 Å². The lowest BCUT2D eigenvalue weighted by molar-refractivity contribution is -0.132. The normalized spacial score (nSPS) is 12.1. The topological polar surface area (TPSA) is 98.2 Å². The van der Waals surface area contributed by atoms with Gasteiger partial charge in [-0.15, -0.1) is 0 Å². The zero-order valence-electron chi connectivity index (χ0n) is 12.5. The molecule has 2 amide bonds. The van der Waals surface area contributed by atoms with Crippen LogP contribution >= 0.6 is 0 Å². The van der Waals surface area contributed by atoms with Gasteiger partial charge in [-0.1, -0.05) is 12.1 Å². The molecule has 0 aliphatic heterocycles. The van der Waals surface area contributed by atoms with Gasteiger partial charge in [0.15, 0.2) is 0 Å². The number of nitrogens with one attached hydrogen (secondary N) is 1. The molecule has 5 N–H and O–H groups in total. The first-order valence-electron chi connectivity index (χ1n) is 6.51. The number of nitrogens with two attached hydrogens (primary N) is 2. The van der Waals surface area contributed by atoms with Crippen LogP contribution in [-0.2, 0) is 11.3 Å². The molecule has 0 aliphatic carbocycles. The number of hydrogen-bond donors (Lipinski definition) is 3. The van der Waals surface area contributed by atoms with Gasteiger partial charge < -0.3 is 16.8 Å². The molecule has 0 spiro atoms.